The Labute approximate surface area is 235 Å². The minimum absolute atomic E-state index is 0.0428. The third kappa shape index (κ3) is 6.06. The van der Waals surface area contributed by atoms with Gasteiger partial charge in [0.1, 0.15) is 5.75 Å². The minimum Gasteiger partial charge on any atom is -0.482 e. The molecule has 0 radical (unpaired) electrons. The van der Waals surface area contributed by atoms with E-state index >= 15 is 0 Å². The predicted octanol–water partition coefficient (Wildman–Crippen LogP) is 4.83. The lowest BCUT2D eigenvalue weighted by Crippen LogP contribution is -2.50. The highest BCUT2D eigenvalue weighted by Crippen LogP contribution is 2.33. The van der Waals surface area contributed by atoms with E-state index in [1.165, 1.54) is 28.6 Å². The van der Waals surface area contributed by atoms with Crippen molar-refractivity contribution in [2.45, 2.75) is 24.0 Å². The molecule has 212 valence electrons. The number of ether oxygens (including phenoxy) is 1. The van der Waals surface area contributed by atoms with Crippen LogP contribution in [-0.4, -0.2) is 62.9 Å². The summed E-state index contributed by atoms with van der Waals surface area (Å²) in [5.41, 5.74) is 1.85. The Balaban J connectivity index is 1.16. The predicted molar refractivity (Wildman–Crippen MR) is 145 cm³/mol. The second kappa shape index (κ2) is 11.3. The average molecular weight is 594 g/mol. The van der Waals surface area contributed by atoms with Gasteiger partial charge in [-0.05, 0) is 53.9 Å². The van der Waals surface area contributed by atoms with E-state index in [9.17, 15) is 26.4 Å². The highest BCUT2D eigenvalue weighted by atomic mass is 35.5. The number of anilines is 1. The first-order valence-corrected chi connectivity index (χ1v) is 14.5. The molecule has 2 heterocycles. The molecule has 5 rings (SSSR count). The standard InChI is InChI=1S/C28H27ClF3N3O4S/c29-25-17-24(40(37,38)35-11-10-20-4-1-2-5-21(20)18-35)8-9-26(25)39-19-27(36)34-14-12-33(13-15-34)23-7-3-6-22(16-23)28(30,31)32/h1-9,16-17H,10-15,18-19H2. The SMILES string of the molecule is O=C(COc1ccc(S(=O)(=O)N2CCc3ccccc3C2)cc1Cl)N1CCN(c2cccc(C(F)(F)F)c2)CC1. The molecule has 0 unspecified atom stereocenters. The summed E-state index contributed by atoms with van der Waals surface area (Å²) in [6.45, 7) is 1.74. The molecule has 2 aliphatic heterocycles. The highest BCUT2D eigenvalue weighted by Gasteiger charge is 2.32. The molecule has 0 spiro atoms. The summed E-state index contributed by atoms with van der Waals surface area (Å²) >= 11 is 6.34. The van der Waals surface area contributed by atoms with Crippen molar-refractivity contribution in [2.24, 2.45) is 0 Å². The molecular weight excluding hydrogens is 567 g/mol. The normalized spacial score (nSPS) is 16.5. The van der Waals surface area contributed by atoms with Gasteiger partial charge >= 0.3 is 6.18 Å². The van der Waals surface area contributed by atoms with Crippen molar-refractivity contribution in [1.29, 1.82) is 0 Å². The first-order chi connectivity index (χ1) is 19.0. The van der Waals surface area contributed by atoms with Crippen LogP contribution in [-0.2, 0) is 34.0 Å². The van der Waals surface area contributed by atoms with Crippen molar-refractivity contribution < 1.29 is 31.1 Å². The monoisotopic (exact) mass is 593 g/mol. The Morgan fingerprint density at radius 1 is 0.900 bits per heavy atom. The number of hydrogen-bond donors (Lipinski definition) is 0. The minimum atomic E-state index is -4.42. The van der Waals surface area contributed by atoms with Crippen molar-refractivity contribution in [2.75, 3.05) is 44.2 Å². The molecule has 0 N–H and O–H groups in total. The van der Waals surface area contributed by atoms with Gasteiger partial charge in [0.2, 0.25) is 10.0 Å². The van der Waals surface area contributed by atoms with Crippen LogP contribution in [0.15, 0.2) is 71.6 Å². The highest BCUT2D eigenvalue weighted by molar-refractivity contribution is 7.89. The van der Waals surface area contributed by atoms with Crippen LogP contribution >= 0.6 is 11.6 Å². The molecule has 0 aliphatic carbocycles. The third-order valence-corrected chi connectivity index (χ3v) is 9.30. The number of piperazine rings is 1. The molecule has 1 saturated heterocycles. The van der Waals surface area contributed by atoms with Crippen molar-refractivity contribution in [3.8, 4) is 5.75 Å². The maximum Gasteiger partial charge on any atom is 0.416 e. The number of rotatable bonds is 6. The molecule has 40 heavy (non-hydrogen) atoms. The number of fused-ring (bicyclic) bond motifs is 1. The van der Waals surface area contributed by atoms with Gasteiger partial charge < -0.3 is 14.5 Å². The van der Waals surface area contributed by atoms with E-state index in [0.29, 0.717) is 44.8 Å². The Morgan fingerprint density at radius 3 is 2.33 bits per heavy atom. The number of hydrogen-bond acceptors (Lipinski definition) is 5. The first-order valence-electron chi connectivity index (χ1n) is 12.7. The van der Waals surface area contributed by atoms with Crippen LogP contribution in [0.5, 0.6) is 5.75 Å². The zero-order chi connectivity index (χ0) is 28.5. The summed E-state index contributed by atoms with van der Waals surface area (Å²) in [6.07, 6.45) is -3.80. The van der Waals surface area contributed by atoms with Crippen LogP contribution in [0.3, 0.4) is 0 Å². The largest absolute Gasteiger partial charge is 0.482 e. The lowest BCUT2D eigenvalue weighted by Gasteiger charge is -2.36. The first kappa shape index (κ1) is 28.3. The molecule has 7 nitrogen and oxygen atoms in total. The number of amides is 1. The quantitative estimate of drug-likeness (QED) is 0.409. The lowest BCUT2D eigenvalue weighted by atomic mass is 10.0. The van der Waals surface area contributed by atoms with Crippen LogP contribution in [0.1, 0.15) is 16.7 Å². The third-order valence-electron chi connectivity index (χ3n) is 7.16. The summed E-state index contributed by atoms with van der Waals surface area (Å²) in [5, 5.41) is 0.0700. The number of nitrogens with zero attached hydrogens (tertiary/aromatic N) is 3. The number of carbonyl (C=O) groups excluding carboxylic acids is 1. The van der Waals surface area contributed by atoms with Gasteiger partial charge in [-0.25, -0.2) is 8.42 Å². The fourth-order valence-electron chi connectivity index (χ4n) is 4.91. The van der Waals surface area contributed by atoms with Crippen molar-refractivity contribution in [3.05, 3.63) is 88.4 Å². The van der Waals surface area contributed by atoms with Crippen LogP contribution < -0.4 is 9.64 Å². The number of halogens is 4. The molecule has 0 saturated carbocycles. The van der Waals surface area contributed by atoms with Crippen molar-refractivity contribution in [3.63, 3.8) is 0 Å². The summed E-state index contributed by atoms with van der Waals surface area (Å²) < 4.78 is 72.6. The summed E-state index contributed by atoms with van der Waals surface area (Å²) in [4.78, 5) is 16.2. The maximum absolute atomic E-state index is 13.2. The number of benzene rings is 3. The molecule has 3 aromatic rings. The Hall–Kier alpha value is -3.28. The Kier molecular flexibility index (Phi) is 7.98. The Bertz CT molecular complexity index is 1510. The summed E-state index contributed by atoms with van der Waals surface area (Å²) in [6, 6.07) is 17.0. The number of alkyl halides is 3. The molecule has 2 aliphatic rings. The fraction of sp³-hybridized carbons (Fsp3) is 0.321. The van der Waals surface area contributed by atoms with Gasteiger partial charge in [0.25, 0.3) is 5.91 Å². The summed E-state index contributed by atoms with van der Waals surface area (Å²) in [5.74, 6) is -0.121. The van der Waals surface area contributed by atoms with E-state index in [4.69, 9.17) is 16.3 Å². The van der Waals surface area contributed by atoms with Crippen LogP contribution in [0, 0.1) is 0 Å². The maximum atomic E-state index is 13.2. The lowest BCUT2D eigenvalue weighted by molar-refractivity contribution is -0.137. The van der Waals surface area contributed by atoms with Crippen molar-refractivity contribution >= 4 is 33.2 Å². The molecule has 12 heteroatoms. The molecule has 0 aromatic heterocycles. The summed E-state index contributed by atoms with van der Waals surface area (Å²) in [7, 11) is -3.78. The van der Waals surface area contributed by atoms with Gasteiger partial charge in [0.15, 0.2) is 6.61 Å². The number of sulfonamides is 1. The second-order valence-electron chi connectivity index (χ2n) is 9.65. The van der Waals surface area contributed by atoms with Crippen LogP contribution in [0.25, 0.3) is 0 Å². The molecule has 0 atom stereocenters. The zero-order valence-electron chi connectivity index (χ0n) is 21.4. The van der Waals surface area contributed by atoms with Crippen LogP contribution in [0.4, 0.5) is 18.9 Å². The van der Waals surface area contributed by atoms with Crippen molar-refractivity contribution in [1.82, 2.24) is 9.21 Å². The van der Waals surface area contributed by atoms with E-state index in [2.05, 4.69) is 0 Å². The van der Waals surface area contributed by atoms with Gasteiger partial charge in [0.05, 0.1) is 15.5 Å². The zero-order valence-corrected chi connectivity index (χ0v) is 23.0. The average Bonchev–Trinajstić information content (AvgIpc) is 2.95. The van der Waals surface area contributed by atoms with E-state index in [1.807, 2.05) is 24.3 Å². The molecule has 1 amide bonds. The van der Waals surface area contributed by atoms with Gasteiger partial charge in [-0.15, -0.1) is 0 Å². The number of carbonyl (C=O) groups is 1. The van der Waals surface area contributed by atoms with Gasteiger partial charge in [-0.2, -0.15) is 17.5 Å². The topological polar surface area (TPSA) is 70.2 Å². The van der Waals surface area contributed by atoms with Gasteiger partial charge in [0, 0.05) is 45.0 Å². The fourth-order valence-corrected chi connectivity index (χ4v) is 6.65. The molecule has 3 aromatic carbocycles. The van der Waals surface area contributed by atoms with E-state index < -0.39 is 21.8 Å². The molecular formula is C28H27ClF3N3O4S. The van der Waals surface area contributed by atoms with Crippen LogP contribution in [0.2, 0.25) is 5.02 Å². The van der Waals surface area contributed by atoms with E-state index in [0.717, 1.165) is 23.3 Å². The van der Waals surface area contributed by atoms with E-state index in [-0.39, 0.29) is 34.7 Å². The Morgan fingerprint density at radius 2 is 1.62 bits per heavy atom. The molecule has 0 bridgehead atoms. The smallest absolute Gasteiger partial charge is 0.416 e. The van der Waals surface area contributed by atoms with Gasteiger partial charge in [-0.1, -0.05) is 41.9 Å². The molecule has 1 fully saturated rings. The second-order valence-corrected chi connectivity index (χ2v) is 12.0. The van der Waals surface area contributed by atoms with E-state index in [1.54, 1.807) is 15.9 Å². The van der Waals surface area contributed by atoms with Gasteiger partial charge in [-0.3, -0.25) is 4.79 Å².